The van der Waals surface area contributed by atoms with Crippen molar-refractivity contribution in [3.8, 4) is 22.1 Å². The Morgan fingerprint density at radius 3 is 2.91 bits per heavy atom. The molecular formula is C22H18FN5O3S. The lowest BCUT2D eigenvalue weighted by Crippen LogP contribution is -2.30. The number of fused-ring (bicyclic) bond motifs is 1. The lowest BCUT2D eigenvalue weighted by molar-refractivity contribution is -0.108. The van der Waals surface area contributed by atoms with Crippen LogP contribution >= 0.6 is 11.3 Å². The van der Waals surface area contributed by atoms with Crippen molar-refractivity contribution in [3.05, 3.63) is 54.9 Å². The van der Waals surface area contributed by atoms with E-state index in [1.165, 1.54) is 23.5 Å². The van der Waals surface area contributed by atoms with Crippen LogP contribution in [0.3, 0.4) is 0 Å². The monoisotopic (exact) mass is 451 g/mol. The number of rotatable bonds is 7. The topological polar surface area (TPSA) is 98.1 Å². The van der Waals surface area contributed by atoms with Gasteiger partial charge in [0.05, 0.1) is 33.7 Å². The van der Waals surface area contributed by atoms with Crippen LogP contribution < -0.4 is 15.4 Å². The third-order valence-corrected chi connectivity index (χ3v) is 6.03. The number of anilines is 1. The molecule has 2 N–H and O–H groups in total. The van der Waals surface area contributed by atoms with Gasteiger partial charge in [0.25, 0.3) is 0 Å². The minimum Gasteiger partial charge on any atom is -0.453 e. The van der Waals surface area contributed by atoms with E-state index in [2.05, 4.69) is 20.6 Å². The van der Waals surface area contributed by atoms with Crippen LogP contribution in [0.15, 0.2) is 49.1 Å². The van der Waals surface area contributed by atoms with Crippen molar-refractivity contribution in [2.45, 2.75) is 25.4 Å². The molecule has 8 nitrogen and oxygen atoms in total. The van der Waals surface area contributed by atoms with Crippen LogP contribution in [0.25, 0.3) is 20.8 Å². The van der Waals surface area contributed by atoms with Gasteiger partial charge in [-0.3, -0.25) is 4.98 Å². The average Bonchev–Trinajstić information content (AvgIpc) is 3.27. The van der Waals surface area contributed by atoms with Gasteiger partial charge in [-0.15, -0.1) is 11.3 Å². The van der Waals surface area contributed by atoms with Gasteiger partial charge in [0.2, 0.25) is 0 Å². The molecule has 3 aromatic heterocycles. The van der Waals surface area contributed by atoms with Gasteiger partial charge in [-0.05, 0) is 31.0 Å². The Hall–Kier alpha value is -3.79. The van der Waals surface area contributed by atoms with Crippen LogP contribution in [0.5, 0.6) is 11.5 Å². The zero-order valence-corrected chi connectivity index (χ0v) is 17.6. The third-order valence-electron chi connectivity index (χ3n) is 4.87. The van der Waals surface area contributed by atoms with Crippen LogP contribution in [0.2, 0.25) is 0 Å². The van der Waals surface area contributed by atoms with Gasteiger partial charge in [-0.2, -0.15) is 0 Å². The molecule has 1 fully saturated rings. The van der Waals surface area contributed by atoms with Gasteiger partial charge in [0.15, 0.2) is 11.6 Å². The number of benzene rings is 1. The number of aromatic nitrogens is 3. The van der Waals surface area contributed by atoms with Crippen molar-refractivity contribution in [2.24, 2.45) is 0 Å². The molecular weight excluding hydrogens is 433 g/mol. The molecule has 0 unspecified atom stereocenters. The minimum atomic E-state index is -0.594. The van der Waals surface area contributed by atoms with E-state index in [1.54, 1.807) is 35.4 Å². The molecule has 5 rings (SSSR count). The van der Waals surface area contributed by atoms with Gasteiger partial charge < -0.3 is 24.7 Å². The van der Waals surface area contributed by atoms with Crippen molar-refractivity contribution >= 4 is 39.6 Å². The standard InChI is InChI=1S/C22H18FN5O3S/c23-15-9-14(27-22(30)26-13-1-2-13)3-4-18(15)31-19-5-6-24-16-10-20(32-21(16)19)17-11-28(7-8-29)12-25-17/h3-6,8-13H,1-2,7H2,(H2,26,27,30). The molecule has 162 valence electrons. The maximum atomic E-state index is 14.7. The van der Waals surface area contributed by atoms with E-state index in [4.69, 9.17) is 4.74 Å². The number of halogens is 1. The van der Waals surface area contributed by atoms with Crippen LogP contribution in [0, 0.1) is 5.82 Å². The highest BCUT2D eigenvalue weighted by molar-refractivity contribution is 7.22. The number of aldehydes is 1. The van der Waals surface area contributed by atoms with Crippen LogP contribution in [-0.2, 0) is 11.3 Å². The lowest BCUT2D eigenvalue weighted by atomic mass is 10.3. The first-order chi connectivity index (χ1) is 15.6. The molecule has 1 saturated carbocycles. The number of thiophene rings is 1. The number of amides is 2. The summed E-state index contributed by atoms with van der Waals surface area (Å²) in [5.74, 6) is -0.0934. The maximum Gasteiger partial charge on any atom is 0.319 e. The second-order valence-electron chi connectivity index (χ2n) is 7.38. The number of carbonyl (C=O) groups excluding carboxylic acids is 2. The number of urea groups is 1. The largest absolute Gasteiger partial charge is 0.453 e. The number of ether oxygens (including phenoxy) is 1. The molecule has 4 aromatic rings. The molecule has 1 aliphatic carbocycles. The van der Waals surface area contributed by atoms with Gasteiger partial charge in [-0.1, -0.05) is 0 Å². The minimum absolute atomic E-state index is 0.0378. The molecule has 10 heteroatoms. The SMILES string of the molecule is O=CCn1cnc(-c2cc3nccc(Oc4ccc(NC(=O)NC5CC5)cc4F)c3s2)c1. The zero-order chi connectivity index (χ0) is 22.1. The maximum absolute atomic E-state index is 14.7. The predicted octanol–water partition coefficient (Wildman–Crippen LogP) is 4.57. The van der Waals surface area contributed by atoms with Gasteiger partial charge in [-0.25, -0.2) is 14.2 Å². The molecule has 0 bridgehead atoms. The summed E-state index contributed by atoms with van der Waals surface area (Å²) < 4.78 is 22.9. The van der Waals surface area contributed by atoms with Gasteiger partial charge in [0.1, 0.15) is 12.0 Å². The first-order valence-electron chi connectivity index (χ1n) is 9.98. The highest BCUT2D eigenvalue weighted by Crippen LogP contribution is 2.39. The Bertz CT molecular complexity index is 1310. The number of hydrogen-bond acceptors (Lipinski definition) is 6. The Kier molecular flexibility index (Phi) is 5.28. The number of nitrogens with one attached hydrogen (secondary N) is 2. The summed E-state index contributed by atoms with van der Waals surface area (Å²) in [6.07, 6.45) is 7.72. The molecule has 1 aliphatic rings. The van der Waals surface area contributed by atoms with Crippen molar-refractivity contribution < 1.29 is 18.7 Å². The third kappa shape index (κ3) is 4.30. The summed E-state index contributed by atoms with van der Waals surface area (Å²) in [5, 5.41) is 5.41. The quantitative estimate of drug-likeness (QED) is 0.401. The van der Waals surface area contributed by atoms with E-state index in [0.717, 1.165) is 28.7 Å². The molecule has 0 spiro atoms. The molecule has 1 aromatic carbocycles. The second-order valence-corrected chi connectivity index (χ2v) is 8.43. The van der Waals surface area contributed by atoms with E-state index in [-0.39, 0.29) is 24.4 Å². The summed E-state index contributed by atoms with van der Waals surface area (Å²) >= 11 is 1.42. The molecule has 0 radical (unpaired) electrons. The Morgan fingerprint density at radius 1 is 1.25 bits per heavy atom. The smallest absolute Gasteiger partial charge is 0.319 e. The first-order valence-corrected chi connectivity index (χ1v) is 10.8. The molecule has 2 amide bonds. The zero-order valence-electron chi connectivity index (χ0n) is 16.7. The number of imidazole rings is 1. The van der Waals surface area contributed by atoms with Crippen molar-refractivity contribution in [1.82, 2.24) is 19.9 Å². The van der Waals surface area contributed by atoms with E-state index < -0.39 is 5.82 Å². The Balaban J connectivity index is 1.37. The number of hydrogen-bond donors (Lipinski definition) is 2. The summed E-state index contributed by atoms with van der Waals surface area (Å²) in [6.45, 7) is 0.233. The number of nitrogens with zero attached hydrogens (tertiary/aromatic N) is 3. The van der Waals surface area contributed by atoms with E-state index in [0.29, 0.717) is 22.6 Å². The summed E-state index contributed by atoms with van der Waals surface area (Å²) in [6, 6.07) is 7.70. The number of pyridine rings is 1. The molecule has 3 heterocycles. The van der Waals surface area contributed by atoms with Crippen LogP contribution in [0.1, 0.15) is 12.8 Å². The first kappa shape index (κ1) is 20.1. The van der Waals surface area contributed by atoms with Crippen molar-refractivity contribution in [1.29, 1.82) is 0 Å². The van der Waals surface area contributed by atoms with Crippen LogP contribution in [0.4, 0.5) is 14.9 Å². The normalized spacial score (nSPS) is 13.2. The number of carbonyl (C=O) groups is 2. The molecule has 0 atom stereocenters. The van der Waals surface area contributed by atoms with E-state index >= 15 is 0 Å². The fraction of sp³-hybridized carbons (Fsp3) is 0.182. The Labute approximate surface area is 186 Å². The van der Waals surface area contributed by atoms with Crippen molar-refractivity contribution in [2.75, 3.05) is 5.32 Å². The summed E-state index contributed by atoms with van der Waals surface area (Å²) in [7, 11) is 0. The van der Waals surface area contributed by atoms with Gasteiger partial charge >= 0.3 is 6.03 Å². The highest BCUT2D eigenvalue weighted by atomic mass is 32.1. The Morgan fingerprint density at radius 2 is 2.12 bits per heavy atom. The molecule has 0 saturated heterocycles. The molecule has 32 heavy (non-hydrogen) atoms. The summed E-state index contributed by atoms with van der Waals surface area (Å²) in [5.41, 5.74) is 1.76. The lowest BCUT2D eigenvalue weighted by Gasteiger charge is -2.10. The predicted molar refractivity (Wildman–Crippen MR) is 119 cm³/mol. The summed E-state index contributed by atoms with van der Waals surface area (Å²) in [4.78, 5) is 32.1. The highest BCUT2D eigenvalue weighted by Gasteiger charge is 2.23. The molecule has 0 aliphatic heterocycles. The van der Waals surface area contributed by atoms with Crippen molar-refractivity contribution in [3.63, 3.8) is 0 Å². The van der Waals surface area contributed by atoms with Gasteiger partial charge in [0, 0.05) is 36.3 Å². The van der Waals surface area contributed by atoms with Crippen LogP contribution in [-0.4, -0.2) is 32.9 Å². The second kappa shape index (κ2) is 8.39. The van der Waals surface area contributed by atoms with E-state index in [1.807, 2.05) is 6.07 Å². The average molecular weight is 451 g/mol. The fourth-order valence-electron chi connectivity index (χ4n) is 3.15. The van der Waals surface area contributed by atoms with E-state index in [9.17, 15) is 14.0 Å². The fourth-order valence-corrected chi connectivity index (χ4v) is 4.18.